The van der Waals surface area contributed by atoms with Gasteiger partial charge in [-0.15, -0.1) is 0 Å². The van der Waals surface area contributed by atoms with Crippen molar-refractivity contribution in [2.24, 2.45) is 0 Å². The monoisotopic (exact) mass is 242 g/mol. The van der Waals surface area contributed by atoms with Gasteiger partial charge in [-0.1, -0.05) is 18.5 Å². The van der Waals surface area contributed by atoms with Gasteiger partial charge >= 0.3 is 5.97 Å². The maximum atomic E-state index is 11.3. The maximum absolute atomic E-state index is 11.3. The van der Waals surface area contributed by atoms with Crippen molar-refractivity contribution in [2.45, 2.75) is 26.4 Å². The summed E-state index contributed by atoms with van der Waals surface area (Å²) in [6.07, 6.45) is -0.000445. The third-order valence-electron chi connectivity index (χ3n) is 2.24. The van der Waals surface area contributed by atoms with Gasteiger partial charge in [-0.25, -0.2) is 4.79 Å². The van der Waals surface area contributed by atoms with Crippen LogP contribution in [0.1, 0.15) is 18.9 Å². The molecule has 0 amide bonds. The number of carbonyl (C=O) groups excluding carboxylic acids is 1. The topological polar surface area (TPSA) is 35.5 Å². The minimum Gasteiger partial charge on any atom is -0.479 e. The molecule has 0 heterocycles. The van der Waals surface area contributed by atoms with Crippen LogP contribution in [0.5, 0.6) is 5.75 Å². The summed E-state index contributed by atoms with van der Waals surface area (Å²) in [5.74, 6) is 0.259. The average molecular weight is 243 g/mol. The lowest BCUT2D eigenvalue weighted by Gasteiger charge is -2.15. The minimum absolute atomic E-state index is 0.366. The zero-order valence-electron chi connectivity index (χ0n) is 9.62. The van der Waals surface area contributed by atoms with Gasteiger partial charge in [0.15, 0.2) is 6.10 Å². The van der Waals surface area contributed by atoms with E-state index in [0.29, 0.717) is 17.2 Å². The van der Waals surface area contributed by atoms with Crippen LogP contribution in [0.25, 0.3) is 0 Å². The van der Waals surface area contributed by atoms with Gasteiger partial charge in [-0.05, 0) is 37.1 Å². The quantitative estimate of drug-likeness (QED) is 0.762. The lowest BCUT2D eigenvalue weighted by atomic mass is 10.2. The standard InChI is InChI=1S/C12H15ClO3/c1-4-11(12(14)15-3)16-9-5-6-10(13)8(2)7-9/h5-7,11H,4H2,1-3H3/t11-/m0/s1. The number of esters is 1. The van der Waals surface area contributed by atoms with Crippen molar-refractivity contribution in [3.05, 3.63) is 28.8 Å². The molecule has 0 fully saturated rings. The second-order valence-corrected chi connectivity index (χ2v) is 3.86. The lowest BCUT2D eigenvalue weighted by Crippen LogP contribution is -2.27. The van der Waals surface area contributed by atoms with Gasteiger partial charge in [0, 0.05) is 5.02 Å². The van der Waals surface area contributed by atoms with E-state index in [1.165, 1.54) is 7.11 Å². The lowest BCUT2D eigenvalue weighted by molar-refractivity contribution is -0.148. The molecule has 0 radical (unpaired) electrons. The summed E-state index contributed by atoms with van der Waals surface area (Å²) in [4.78, 5) is 11.3. The normalized spacial score (nSPS) is 12.0. The maximum Gasteiger partial charge on any atom is 0.347 e. The Kier molecular flexibility index (Phi) is 4.62. The van der Waals surface area contributed by atoms with E-state index in [4.69, 9.17) is 16.3 Å². The Morgan fingerprint density at radius 3 is 2.69 bits per heavy atom. The van der Waals surface area contributed by atoms with Crippen molar-refractivity contribution in [3.8, 4) is 5.75 Å². The molecule has 0 aliphatic heterocycles. The highest BCUT2D eigenvalue weighted by molar-refractivity contribution is 6.31. The Balaban J connectivity index is 2.78. The SMILES string of the molecule is CC[C@H](Oc1ccc(Cl)c(C)c1)C(=O)OC. The molecule has 0 saturated carbocycles. The van der Waals surface area contributed by atoms with Gasteiger partial charge in [-0.3, -0.25) is 0 Å². The fourth-order valence-corrected chi connectivity index (χ4v) is 1.40. The van der Waals surface area contributed by atoms with Crippen molar-refractivity contribution >= 4 is 17.6 Å². The molecule has 88 valence electrons. The summed E-state index contributed by atoms with van der Waals surface area (Å²) < 4.78 is 10.2. The van der Waals surface area contributed by atoms with Crippen LogP contribution in [-0.4, -0.2) is 19.2 Å². The Labute approximate surface area is 100 Å². The smallest absolute Gasteiger partial charge is 0.347 e. The molecule has 0 aromatic heterocycles. The van der Waals surface area contributed by atoms with E-state index in [1.54, 1.807) is 18.2 Å². The van der Waals surface area contributed by atoms with Gasteiger partial charge in [0.25, 0.3) is 0 Å². The molecule has 4 heteroatoms. The van der Waals surface area contributed by atoms with Crippen LogP contribution in [0.2, 0.25) is 5.02 Å². The number of rotatable bonds is 4. The third kappa shape index (κ3) is 3.14. The number of halogens is 1. The Bertz CT molecular complexity index is 377. The van der Waals surface area contributed by atoms with Gasteiger partial charge in [0.1, 0.15) is 5.75 Å². The van der Waals surface area contributed by atoms with E-state index in [1.807, 2.05) is 13.8 Å². The zero-order valence-corrected chi connectivity index (χ0v) is 10.4. The first kappa shape index (κ1) is 12.8. The number of hydrogen-bond acceptors (Lipinski definition) is 3. The Morgan fingerprint density at radius 2 is 2.19 bits per heavy atom. The fraction of sp³-hybridized carbons (Fsp3) is 0.417. The summed E-state index contributed by atoms with van der Waals surface area (Å²) in [5, 5.41) is 0.679. The van der Waals surface area contributed by atoms with E-state index < -0.39 is 6.10 Å². The Morgan fingerprint density at radius 1 is 1.50 bits per heavy atom. The van der Waals surface area contributed by atoms with Gasteiger partial charge in [0.2, 0.25) is 0 Å². The van der Waals surface area contributed by atoms with E-state index in [0.717, 1.165) is 5.56 Å². The predicted molar refractivity (Wildman–Crippen MR) is 62.9 cm³/mol. The molecule has 1 atom stereocenters. The molecular weight excluding hydrogens is 228 g/mol. The molecule has 1 aromatic rings. The zero-order chi connectivity index (χ0) is 12.1. The summed E-state index contributed by atoms with van der Waals surface area (Å²) in [6.45, 7) is 3.75. The van der Waals surface area contributed by atoms with Crippen molar-refractivity contribution in [1.82, 2.24) is 0 Å². The number of ether oxygens (including phenoxy) is 2. The molecule has 0 bridgehead atoms. The highest BCUT2D eigenvalue weighted by Crippen LogP contribution is 2.22. The Hall–Kier alpha value is -1.22. The first-order chi connectivity index (χ1) is 7.58. The van der Waals surface area contributed by atoms with Gasteiger partial charge in [-0.2, -0.15) is 0 Å². The molecule has 16 heavy (non-hydrogen) atoms. The predicted octanol–water partition coefficient (Wildman–Crippen LogP) is 2.98. The van der Waals surface area contributed by atoms with Gasteiger partial charge in [0.05, 0.1) is 7.11 Å². The first-order valence-electron chi connectivity index (χ1n) is 5.09. The summed E-state index contributed by atoms with van der Waals surface area (Å²) >= 11 is 5.89. The number of aryl methyl sites for hydroxylation is 1. The first-order valence-corrected chi connectivity index (χ1v) is 5.47. The van der Waals surface area contributed by atoms with E-state index in [2.05, 4.69) is 4.74 Å². The van der Waals surface area contributed by atoms with Crippen LogP contribution in [0.3, 0.4) is 0 Å². The molecular formula is C12H15ClO3. The van der Waals surface area contributed by atoms with E-state index in [-0.39, 0.29) is 5.97 Å². The third-order valence-corrected chi connectivity index (χ3v) is 2.67. The van der Waals surface area contributed by atoms with Crippen molar-refractivity contribution in [3.63, 3.8) is 0 Å². The molecule has 0 N–H and O–H groups in total. The van der Waals surface area contributed by atoms with E-state index in [9.17, 15) is 4.79 Å². The number of carbonyl (C=O) groups is 1. The second-order valence-electron chi connectivity index (χ2n) is 3.45. The molecule has 0 aliphatic carbocycles. The highest BCUT2D eigenvalue weighted by atomic mass is 35.5. The second kappa shape index (κ2) is 5.75. The van der Waals surface area contributed by atoms with Crippen LogP contribution in [0.4, 0.5) is 0 Å². The highest BCUT2D eigenvalue weighted by Gasteiger charge is 2.18. The number of methoxy groups -OCH3 is 1. The minimum atomic E-state index is -0.564. The molecule has 0 saturated heterocycles. The van der Waals surface area contributed by atoms with Crippen LogP contribution >= 0.6 is 11.6 Å². The van der Waals surface area contributed by atoms with Crippen LogP contribution in [-0.2, 0) is 9.53 Å². The van der Waals surface area contributed by atoms with Crippen LogP contribution in [0.15, 0.2) is 18.2 Å². The summed E-state index contributed by atoms with van der Waals surface area (Å²) in [5.41, 5.74) is 0.916. The fourth-order valence-electron chi connectivity index (χ4n) is 1.28. The van der Waals surface area contributed by atoms with Crippen LogP contribution < -0.4 is 4.74 Å². The van der Waals surface area contributed by atoms with Gasteiger partial charge < -0.3 is 9.47 Å². The van der Waals surface area contributed by atoms with E-state index >= 15 is 0 Å². The summed E-state index contributed by atoms with van der Waals surface area (Å²) in [7, 11) is 1.35. The van der Waals surface area contributed by atoms with Crippen molar-refractivity contribution in [1.29, 1.82) is 0 Å². The molecule has 0 aliphatic rings. The molecule has 0 unspecified atom stereocenters. The molecule has 0 spiro atoms. The average Bonchev–Trinajstić information content (AvgIpc) is 2.29. The largest absolute Gasteiger partial charge is 0.479 e. The molecule has 3 nitrogen and oxygen atoms in total. The van der Waals surface area contributed by atoms with Crippen molar-refractivity contribution in [2.75, 3.05) is 7.11 Å². The summed E-state index contributed by atoms with van der Waals surface area (Å²) in [6, 6.07) is 5.28. The molecule has 1 aromatic carbocycles. The van der Waals surface area contributed by atoms with Crippen molar-refractivity contribution < 1.29 is 14.3 Å². The molecule has 1 rings (SSSR count). The number of hydrogen-bond donors (Lipinski definition) is 0. The van der Waals surface area contributed by atoms with Crippen LogP contribution in [0, 0.1) is 6.92 Å². The number of benzene rings is 1.